The van der Waals surface area contributed by atoms with Gasteiger partial charge in [0.25, 0.3) is 0 Å². The molecule has 3 heteroatoms. The fourth-order valence-corrected chi connectivity index (χ4v) is 5.69. The van der Waals surface area contributed by atoms with Gasteiger partial charge in [-0.15, -0.1) is 0 Å². The van der Waals surface area contributed by atoms with Crippen molar-refractivity contribution < 1.29 is 0 Å². The molecular formula is C40H27ClN2. The molecule has 0 aliphatic carbocycles. The van der Waals surface area contributed by atoms with E-state index in [9.17, 15) is 0 Å². The summed E-state index contributed by atoms with van der Waals surface area (Å²) in [6.07, 6.45) is 0. The van der Waals surface area contributed by atoms with Crippen LogP contribution in [0, 0.1) is 0 Å². The number of rotatable bonds is 6. The smallest absolute Gasteiger partial charge is 0.160 e. The Morgan fingerprint density at radius 2 is 0.860 bits per heavy atom. The Kier molecular flexibility index (Phi) is 7.35. The lowest BCUT2D eigenvalue weighted by molar-refractivity contribution is 1.18. The molecule has 0 amide bonds. The molecule has 0 unspecified atom stereocenters. The van der Waals surface area contributed by atoms with Crippen LogP contribution in [0.1, 0.15) is 0 Å². The van der Waals surface area contributed by atoms with E-state index in [4.69, 9.17) is 21.6 Å². The van der Waals surface area contributed by atoms with Crippen molar-refractivity contribution in [2.24, 2.45) is 0 Å². The van der Waals surface area contributed by atoms with Crippen molar-refractivity contribution in [2.45, 2.75) is 0 Å². The molecular weight excluding hydrogens is 544 g/mol. The highest BCUT2D eigenvalue weighted by atomic mass is 35.5. The fraction of sp³-hybridized carbons (Fsp3) is 0. The monoisotopic (exact) mass is 570 g/mol. The number of nitrogens with zero attached hydrogens (tertiary/aromatic N) is 2. The van der Waals surface area contributed by atoms with Crippen LogP contribution >= 0.6 is 11.6 Å². The number of halogens is 1. The Hall–Kier alpha value is -5.31. The number of benzene rings is 6. The van der Waals surface area contributed by atoms with E-state index in [0.29, 0.717) is 10.8 Å². The van der Waals surface area contributed by atoms with E-state index in [1.54, 1.807) is 0 Å². The van der Waals surface area contributed by atoms with E-state index in [0.717, 1.165) is 61.5 Å². The van der Waals surface area contributed by atoms with E-state index in [2.05, 4.69) is 121 Å². The first-order chi connectivity index (χ1) is 21.2. The highest BCUT2D eigenvalue weighted by Crippen LogP contribution is 2.43. The zero-order valence-electron chi connectivity index (χ0n) is 23.4. The minimum Gasteiger partial charge on any atom is -0.228 e. The summed E-state index contributed by atoms with van der Waals surface area (Å²) in [5, 5.41) is 0.668. The van der Waals surface area contributed by atoms with Crippen LogP contribution in [0.15, 0.2) is 164 Å². The second kappa shape index (κ2) is 11.9. The van der Waals surface area contributed by atoms with Crippen molar-refractivity contribution in [1.29, 1.82) is 0 Å². The molecule has 0 aliphatic rings. The van der Waals surface area contributed by atoms with E-state index in [1.807, 2.05) is 42.5 Å². The number of aromatic nitrogens is 2. The molecule has 1 aromatic heterocycles. The van der Waals surface area contributed by atoms with Crippen LogP contribution < -0.4 is 0 Å². The molecule has 7 aromatic rings. The maximum Gasteiger partial charge on any atom is 0.160 e. The first-order valence-electron chi connectivity index (χ1n) is 14.3. The third-order valence-corrected chi connectivity index (χ3v) is 7.78. The summed E-state index contributed by atoms with van der Waals surface area (Å²) in [6.45, 7) is 0. The first kappa shape index (κ1) is 26.6. The zero-order valence-corrected chi connectivity index (χ0v) is 24.1. The Morgan fingerprint density at radius 3 is 1.49 bits per heavy atom. The average Bonchev–Trinajstić information content (AvgIpc) is 3.09. The highest BCUT2D eigenvalue weighted by molar-refractivity contribution is 6.30. The lowest BCUT2D eigenvalue weighted by Crippen LogP contribution is -1.99. The second-order valence-corrected chi connectivity index (χ2v) is 10.8. The molecule has 1 heterocycles. The van der Waals surface area contributed by atoms with Crippen molar-refractivity contribution in [3.63, 3.8) is 0 Å². The molecule has 0 spiro atoms. The van der Waals surface area contributed by atoms with Gasteiger partial charge in [-0.2, -0.15) is 0 Å². The van der Waals surface area contributed by atoms with Crippen molar-refractivity contribution in [2.75, 3.05) is 0 Å². The molecule has 0 saturated heterocycles. The zero-order chi connectivity index (χ0) is 29.0. The summed E-state index contributed by atoms with van der Waals surface area (Å²) in [5.74, 6) is 0.665. The highest BCUT2D eigenvalue weighted by Gasteiger charge is 2.20. The van der Waals surface area contributed by atoms with Gasteiger partial charge in [0.15, 0.2) is 5.82 Å². The predicted octanol–water partition coefficient (Wildman–Crippen LogP) is 11.1. The third kappa shape index (κ3) is 5.61. The van der Waals surface area contributed by atoms with Crippen LogP contribution in [0.5, 0.6) is 0 Å². The second-order valence-electron chi connectivity index (χ2n) is 10.4. The van der Waals surface area contributed by atoms with Crippen molar-refractivity contribution in [3.8, 4) is 67.3 Å². The van der Waals surface area contributed by atoms with Gasteiger partial charge < -0.3 is 0 Å². The molecule has 0 bridgehead atoms. The van der Waals surface area contributed by atoms with Gasteiger partial charge in [-0.1, -0.05) is 145 Å². The minimum absolute atomic E-state index is 0.665. The van der Waals surface area contributed by atoms with Crippen molar-refractivity contribution in [1.82, 2.24) is 9.97 Å². The Morgan fingerprint density at radius 1 is 0.349 bits per heavy atom. The Balaban J connectivity index is 1.58. The van der Waals surface area contributed by atoms with Crippen LogP contribution in [0.2, 0.25) is 5.02 Å². The van der Waals surface area contributed by atoms with Gasteiger partial charge in [0, 0.05) is 21.7 Å². The number of hydrogen-bond acceptors (Lipinski definition) is 2. The van der Waals surface area contributed by atoms with Gasteiger partial charge >= 0.3 is 0 Å². The molecule has 0 radical (unpaired) electrons. The lowest BCUT2D eigenvalue weighted by atomic mass is 9.86. The van der Waals surface area contributed by atoms with Gasteiger partial charge in [0.2, 0.25) is 0 Å². The van der Waals surface area contributed by atoms with Crippen molar-refractivity contribution in [3.05, 3.63) is 169 Å². The lowest BCUT2D eigenvalue weighted by Gasteiger charge is -2.19. The average molecular weight is 571 g/mol. The fourth-order valence-electron chi connectivity index (χ4n) is 5.50. The topological polar surface area (TPSA) is 25.8 Å². The summed E-state index contributed by atoms with van der Waals surface area (Å²) in [4.78, 5) is 10.3. The number of hydrogen-bond donors (Lipinski definition) is 0. The molecule has 2 nitrogen and oxygen atoms in total. The summed E-state index contributed by atoms with van der Waals surface area (Å²) in [5.41, 5.74) is 11.4. The maximum atomic E-state index is 6.45. The van der Waals surface area contributed by atoms with Crippen LogP contribution in [0.25, 0.3) is 67.3 Å². The van der Waals surface area contributed by atoms with E-state index >= 15 is 0 Å². The van der Waals surface area contributed by atoms with E-state index < -0.39 is 0 Å². The first-order valence-corrected chi connectivity index (χ1v) is 14.7. The van der Waals surface area contributed by atoms with Gasteiger partial charge in [0.05, 0.1) is 11.4 Å². The molecule has 0 fully saturated rings. The van der Waals surface area contributed by atoms with Crippen LogP contribution in [0.3, 0.4) is 0 Å². The largest absolute Gasteiger partial charge is 0.228 e. The SMILES string of the molecule is Clc1cccc(-c2cc(-c3cc(-c4ccccc4)cc(-c4ccccc4)c3-c3ccccc3)nc(-c3ccccc3)n2)c1. The quantitative estimate of drug-likeness (QED) is 0.199. The Bertz CT molecular complexity index is 2010. The molecule has 0 aliphatic heterocycles. The third-order valence-electron chi connectivity index (χ3n) is 7.55. The summed E-state index contributed by atoms with van der Waals surface area (Å²) in [6, 6.07) is 56.3. The molecule has 6 aromatic carbocycles. The molecule has 43 heavy (non-hydrogen) atoms. The molecule has 0 N–H and O–H groups in total. The van der Waals surface area contributed by atoms with Gasteiger partial charge in [-0.3, -0.25) is 0 Å². The summed E-state index contributed by atoms with van der Waals surface area (Å²) < 4.78 is 0. The van der Waals surface area contributed by atoms with Gasteiger partial charge in [-0.05, 0) is 63.7 Å². The Labute approximate surface area is 257 Å². The van der Waals surface area contributed by atoms with Gasteiger partial charge in [-0.25, -0.2) is 9.97 Å². The molecule has 7 rings (SSSR count). The normalized spacial score (nSPS) is 10.9. The minimum atomic E-state index is 0.665. The van der Waals surface area contributed by atoms with Crippen LogP contribution in [0.4, 0.5) is 0 Å². The maximum absolute atomic E-state index is 6.45. The van der Waals surface area contributed by atoms with Crippen molar-refractivity contribution >= 4 is 11.6 Å². The van der Waals surface area contributed by atoms with Crippen LogP contribution in [-0.4, -0.2) is 9.97 Å². The summed E-state index contributed by atoms with van der Waals surface area (Å²) in [7, 11) is 0. The predicted molar refractivity (Wildman–Crippen MR) is 180 cm³/mol. The van der Waals surface area contributed by atoms with E-state index in [1.165, 1.54) is 0 Å². The van der Waals surface area contributed by atoms with E-state index in [-0.39, 0.29) is 0 Å². The summed E-state index contributed by atoms with van der Waals surface area (Å²) >= 11 is 6.45. The standard InChI is InChI=1S/C40H27ClN2/c41-34-23-13-22-32(24-34)37-27-38(43-40(42-37)31-20-11-4-12-21-31)36-26-33(28-14-5-1-6-15-28)25-35(29-16-7-2-8-17-29)39(36)30-18-9-3-10-19-30/h1-27H. The van der Waals surface area contributed by atoms with Gasteiger partial charge in [0.1, 0.15) is 0 Å². The molecule has 204 valence electrons. The molecule has 0 atom stereocenters. The van der Waals surface area contributed by atoms with Crippen LogP contribution in [-0.2, 0) is 0 Å². The molecule has 0 saturated carbocycles.